The number of carbonyl (C=O) groups is 5. The number of hydrogen-bond acceptors (Lipinski definition) is 14. The molecule has 19 nitrogen and oxygen atoms in total. The molecule has 6 N–H and O–H groups in total. The highest BCUT2D eigenvalue weighted by Crippen LogP contribution is 2.57. The van der Waals surface area contributed by atoms with E-state index in [4.69, 9.17) is 39.9 Å². The first kappa shape index (κ1) is 50.4. The first-order valence-electron chi connectivity index (χ1n) is 24.6. The first-order chi connectivity index (χ1) is 35.0. The number of primary amides is 1. The zero-order valence-corrected chi connectivity index (χ0v) is 41.9. The maximum Gasteiger partial charge on any atom is 0.416 e. The van der Waals surface area contributed by atoms with Crippen LogP contribution in [-0.2, 0) is 20.9 Å². The summed E-state index contributed by atoms with van der Waals surface area (Å²) >= 11 is 0. The number of amides is 5. The van der Waals surface area contributed by atoms with Gasteiger partial charge in [-0.3, -0.25) is 24.1 Å². The molecule has 4 heterocycles. The lowest BCUT2D eigenvalue weighted by Crippen LogP contribution is -2.53. The van der Waals surface area contributed by atoms with Crippen molar-refractivity contribution >= 4 is 52.4 Å². The average molecular weight is 1000 g/mol. The van der Waals surface area contributed by atoms with Crippen LogP contribution in [0.1, 0.15) is 84.7 Å². The smallest absolute Gasteiger partial charge is 0.416 e. The van der Waals surface area contributed by atoms with Crippen molar-refractivity contribution < 1.29 is 57.5 Å². The van der Waals surface area contributed by atoms with E-state index in [0.717, 1.165) is 34.6 Å². The Labute approximate surface area is 423 Å². The first-order valence-corrected chi connectivity index (χ1v) is 24.6. The quantitative estimate of drug-likeness (QED) is 0.0902. The number of benzene rings is 4. The van der Waals surface area contributed by atoms with Crippen LogP contribution < -0.4 is 50.3 Å². The Morgan fingerprint density at radius 2 is 1.51 bits per heavy atom. The van der Waals surface area contributed by atoms with Gasteiger partial charge in [-0.25, -0.2) is 9.69 Å². The molecule has 2 fully saturated rings. The molecule has 4 aromatic carbocycles. The molecule has 19 heteroatoms. The summed E-state index contributed by atoms with van der Waals surface area (Å²) in [4.78, 5) is 74.1. The zero-order chi connectivity index (χ0) is 51.9. The SMILES string of the molecule is COc1ccc(C2=CN3C(=O)c4cc(OC)c(OCCCOc5cc6c(cc5OC)C(=O)N5CC7(CC7)C[C@H]5[C@H](O)N6C(=O)OCc5ccc(N(C(=O)[C@@H](N)C(C)C)[C@@H](C)C(N)=O)cc5)cc4NC[C@@H]3C2)cc1. The van der Waals surface area contributed by atoms with Gasteiger partial charge in [0.25, 0.3) is 11.8 Å². The Balaban J connectivity index is 0.889. The van der Waals surface area contributed by atoms with E-state index in [2.05, 4.69) is 5.32 Å². The summed E-state index contributed by atoms with van der Waals surface area (Å²) in [5, 5.41) is 15.5. The number of ether oxygens (including phenoxy) is 6. The number of anilines is 3. The molecule has 5 amide bonds. The lowest BCUT2D eigenvalue weighted by molar-refractivity contribution is -0.125. The average Bonchev–Trinajstić information content (AvgIpc) is 3.90. The number of aliphatic hydroxyl groups is 1. The van der Waals surface area contributed by atoms with Gasteiger partial charge < -0.3 is 60.1 Å². The van der Waals surface area contributed by atoms with Crippen LogP contribution in [0.3, 0.4) is 0 Å². The number of nitrogens with two attached hydrogens (primary N) is 2. The van der Waals surface area contributed by atoms with Crippen molar-refractivity contribution in [2.24, 2.45) is 22.8 Å². The van der Waals surface area contributed by atoms with Crippen LogP contribution in [0, 0.1) is 11.3 Å². The van der Waals surface area contributed by atoms with E-state index in [9.17, 15) is 29.1 Å². The Hall–Kier alpha value is -7.51. The minimum atomic E-state index is -1.46. The molecule has 9 rings (SSSR count). The van der Waals surface area contributed by atoms with Gasteiger partial charge in [0.15, 0.2) is 29.2 Å². The molecular weight excluding hydrogens is 939 g/mol. The molecule has 4 aliphatic heterocycles. The van der Waals surface area contributed by atoms with E-state index in [-0.39, 0.29) is 71.8 Å². The maximum absolute atomic E-state index is 14.4. The largest absolute Gasteiger partial charge is 0.497 e. The number of aliphatic hydroxyl groups excluding tert-OH is 1. The third-order valence-electron chi connectivity index (χ3n) is 14.7. The van der Waals surface area contributed by atoms with Crippen molar-refractivity contribution in [3.05, 3.63) is 101 Å². The summed E-state index contributed by atoms with van der Waals surface area (Å²) in [6.07, 6.45) is 2.96. The van der Waals surface area contributed by atoms with Crippen LogP contribution in [0.2, 0.25) is 0 Å². The number of carbonyl (C=O) groups excluding carboxylic acids is 5. The molecular formula is C54H63N7O12. The standard InChI is InChI=1S/C54H63N7O12/c1-30(2)47(55)52(66)60(31(3)48(56)62)35-12-8-32(9-13-35)28-73-53(67)61-41-24-46(44(70-6)22-39(41)50(64)59-29-54(16-17-54)25-42(59)51(61)65)72-19-7-18-71-45-23-40-38(21-43(45)69-5)49(63)58-27-34(20-36(58)26-57-40)33-10-14-37(68-4)15-11-33/h8-15,21-24,27,30-31,36,42,47,51,57,65H,7,16-20,25-26,28-29,55H2,1-6H3,(H2,56,62)/t31-,36-,42-,47-,51-/m0/s1. The van der Waals surface area contributed by atoms with Gasteiger partial charge in [0.2, 0.25) is 11.8 Å². The number of rotatable bonds is 17. The van der Waals surface area contributed by atoms with Crippen molar-refractivity contribution in [1.82, 2.24) is 9.80 Å². The molecule has 4 aromatic rings. The van der Waals surface area contributed by atoms with Crippen LogP contribution in [-0.4, -0.2) is 123 Å². The normalized spacial score (nSPS) is 20.0. The minimum absolute atomic E-state index is 0.0856. The molecule has 5 aliphatic rings. The Kier molecular flexibility index (Phi) is 14.2. The molecule has 1 saturated heterocycles. The summed E-state index contributed by atoms with van der Waals surface area (Å²) in [7, 11) is 4.60. The molecule has 0 bridgehead atoms. The lowest BCUT2D eigenvalue weighted by Gasteiger charge is -2.32. The Morgan fingerprint density at radius 1 is 0.849 bits per heavy atom. The fourth-order valence-corrected chi connectivity index (χ4v) is 10.1. The van der Waals surface area contributed by atoms with Crippen molar-refractivity contribution in [2.75, 3.05) is 62.7 Å². The Morgan fingerprint density at radius 3 is 2.12 bits per heavy atom. The molecule has 0 radical (unpaired) electrons. The van der Waals surface area contributed by atoms with Gasteiger partial charge in [-0.2, -0.15) is 0 Å². The predicted octanol–water partition coefficient (Wildman–Crippen LogP) is 5.90. The zero-order valence-electron chi connectivity index (χ0n) is 41.9. The Bertz CT molecular complexity index is 2810. The lowest BCUT2D eigenvalue weighted by atomic mass is 10.0. The van der Waals surface area contributed by atoms with Crippen LogP contribution in [0.15, 0.2) is 79.0 Å². The van der Waals surface area contributed by atoms with Gasteiger partial charge in [0.05, 0.1) is 75.2 Å². The van der Waals surface area contributed by atoms with Gasteiger partial charge in [0, 0.05) is 43.5 Å². The molecule has 386 valence electrons. The van der Waals surface area contributed by atoms with E-state index in [0.29, 0.717) is 66.4 Å². The molecule has 0 aromatic heterocycles. The predicted molar refractivity (Wildman–Crippen MR) is 271 cm³/mol. The molecule has 1 aliphatic carbocycles. The number of fused-ring (bicyclic) bond motifs is 4. The van der Waals surface area contributed by atoms with Crippen LogP contribution in [0.5, 0.6) is 28.7 Å². The molecule has 0 unspecified atom stereocenters. The molecule has 1 spiro atoms. The summed E-state index contributed by atoms with van der Waals surface area (Å²) in [6, 6.07) is 18.1. The monoisotopic (exact) mass is 1000 g/mol. The van der Waals surface area contributed by atoms with E-state index in [1.807, 2.05) is 30.5 Å². The van der Waals surface area contributed by atoms with Gasteiger partial charge in [-0.05, 0) is 97.0 Å². The van der Waals surface area contributed by atoms with Crippen LogP contribution in [0.4, 0.5) is 21.9 Å². The summed E-state index contributed by atoms with van der Waals surface area (Å²) < 4.78 is 35.1. The number of nitrogens with zero attached hydrogens (tertiary/aromatic N) is 4. The number of methoxy groups -OCH3 is 3. The fraction of sp³-hybridized carbons (Fsp3) is 0.426. The second-order valence-corrected chi connectivity index (χ2v) is 19.7. The van der Waals surface area contributed by atoms with Gasteiger partial charge in [-0.15, -0.1) is 0 Å². The van der Waals surface area contributed by atoms with Crippen molar-refractivity contribution in [2.45, 2.75) is 89.9 Å². The minimum Gasteiger partial charge on any atom is -0.497 e. The van der Waals surface area contributed by atoms with E-state index >= 15 is 0 Å². The highest BCUT2D eigenvalue weighted by molar-refractivity contribution is 6.07. The number of nitrogens with one attached hydrogen (secondary N) is 1. The maximum atomic E-state index is 14.4. The summed E-state index contributed by atoms with van der Waals surface area (Å²) in [6.45, 7) is 6.18. The third kappa shape index (κ3) is 9.90. The molecule has 5 atom stereocenters. The highest BCUT2D eigenvalue weighted by atomic mass is 16.6. The van der Waals surface area contributed by atoms with Crippen LogP contribution >= 0.6 is 0 Å². The summed E-state index contributed by atoms with van der Waals surface area (Å²) in [5.41, 5.74) is 16.0. The third-order valence-corrected chi connectivity index (χ3v) is 14.7. The molecule has 73 heavy (non-hydrogen) atoms. The van der Waals surface area contributed by atoms with E-state index in [1.54, 1.807) is 67.2 Å². The number of hydrogen-bond donors (Lipinski definition) is 4. The van der Waals surface area contributed by atoms with E-state index < -0.39 is 42.3 Å². The van der Waals surface area contributed by atoms with Gasteiger partial charge in [0.1, 0.15) is 18.4 Å². The van der Waals surface area contributed by atoms with Gasteiger partial charge in [-0.1, -0.05) is 38.1 Å². The summed E-state index contributed by atoms with van der Waals surface area (Å²) in [5.74, 6) is 0.173. The second-order valence-electron chi connectivity index (χ2n) is 19.7. The highest BCUT2D eigenvalue weighted by Gasteiger charge is 2.58. The van der Waals surface area contributed by atoms with Crippen molar-refractivity contribution in [3.63, 3.8) is 0 Å². The van der Waals surface area contributed by atoms with Gasteiger partial charge >= 0.3 is 6.09 Å². The van der Waals surface area contributed by atoms with E-state index in [1.165, 1.54) is 38.2 Å². The van der Waals surface area contributed by atoms with Crippen LogP contribution in [0.25, 0.3) is 5.57 Å². The second kappa shape index (κ2) is 20.5. The topological polar surface area (TPSA) is 238 Å². The fourth-order valence-electron chi connectivity index (χ4n) is 10.1. The molecule has 1 saturated carbocycles. The van der Waals surface area contributed by atoms with Crippen molar-refractivity contribution in [3.8, 4) is 28.7 Å². The van der Waals surface area contributed by atoms with Crippen molar-refractivity contribution in [1.29, 1.82) is 0 Å².